The van der Waals surface area contributed by atoms with Crippen LogP contribution in [0.4, 0.5) is 0 Å². The maximum absolute atomic E-state index is 13.1. The molecule has 1 fully saturated rings. The van der Waals surface area contributed by atoms with Crippen molar-refractivity contribution in [3.05, 3.63) is 40.8 Å². The third-order valence-corrected chi connectivity index (χ3v) is 5.42. The van der Waals surface area contributed by atoms with Crippen molar-refractivity contribution >= 4 is 23.2 Å². The van der Waals surface area contributed by atoms with E-state index in [0.29, 0.717) is 19.4 Å². The molecule has 2 N–H and O–H groups in total. The van der Waals surface area contributed by atoms with Crippen LogP contribution in [0.15, 0.2) is 36.0 Å². The Balaban J connectivity index is 1.64. The van der Waals surface area contributed by atoms with Crippen LogP contribution in [-0.2, 0) is 21.7 Å². The van der Waals surface area contributed by atoms with Gasteiger partial charge in [0.25, 0.3) is 5.91 Å². The van der Waals surface area contributed by atoms with Gasteiger partial charge in [0.2, 0.25) is 5.91 Å². The van der Waals surface area contributed by atoms with Crippen LogP contribution in [0.1, 0.15) is 17.7 Å². The molecular formula is C17H23N5O2S. The van der Waals surface area contributed by atoms with Gasteiger partial charge in [-0.1, -0.05) is 6.07 Å². The van der Waals surface area contributed by atoms with Crippen LogP contribution in [-0.4, -0.2) is 53.2 Å². The first-order chi connectivity index (χ1) is 12.1. The molecule has 7 nitrogen and oxygen atoms in total. The average molecular weight is 361 g/mol. The summed E-state index contributed by atoms with van der Waals surface area (Å²) in [5.41, 5.74) is -0.711. The van der Waals surface area contributed by atoms with E-state index in [2.05, 4.69) is 15.7 Å². The minimum Gasteiger partial charge on any atom is -0.350 e. The monoisotopic (exact) mass is 361 g/mol. The zero-order valence-electron chi connectivity index (χ0n) is 14.3. The van der Waals surface area contributed by atoms with Crippen molar-refractivity contribution in [1.29, 1.82) is 0 Å². The van der Waals surface area contributed by atoms with E-state index >= 15 is 0 Å². The first kappa shape index (κ1) is 17.6. The van der Waals surface area contributed by atoms with Crippen LogP contribution in [0.5, 0.6) is 0 Å². The molecule has 1 aliphatic rings. The van der Waals surface area contributed by atoms with Crippen LogP contribution >= 0.6 is 11.3 Å². The van der Waals surface area contributed by atoms with Gasteiger partial charge in [0, 0.05) is 24.3 Å². The first-order valence-electron chi connectivity index (χ1n) is 8.37. The Hall–Kier alpha value is -2.19. The molecule has 2 aromatic rings. The maximum Gasteiger partial charge on any atom is 0.250 e. The molecule has 8 heteroatoms. The summed E-state index contributed by atoms with van der Waals surface area (Å²) in [4.78, 5) is 27.9. The van der Waals surface area contributed by atoms with E-state index < -0.39 is 5.54 Å². The zero-order chi connectivity index (χ0) is 17.7. The van der Waals surface area contributed by atoms with Gasteiger partial charge in [-0.2, -0.15) is 5.10 Å². The standard InChI is InChI=1S/C17H23N5O2S/c1-21(13-15(23)19-12-14-4-2-11-25-14)16(24)17(5-8-18-9-6-17)22-10-3-7-20-22/h2-4,7,10-11,18H,5-6,8-9,12-13H2,1H3,(H,19,23). The summed E-state index contributed by atoms with van der Waals surface area (Å²) in [5, 5.41) is 12.4. The van der Waals surface area contributed by atoms with Gasteiger partial charge in [-0.15, -0.1) is 11.3 Å². The Labute approximate surface area is 151 Å². The molecule has 2 amide bonds. The molecule has 0 atom stereocenters. The zero-order valence-corrected chi connectivity index (χ0v) is 15.1. The second kappa shape index (κ2) is 7.79. The number of amides is 2. The Kier molecular flexibility index (Phi) is 5.50. The number of thiophene rings is 1. The van der Waals surface area contributed by atoms with Crippen molar-refractivity contribution in [2.75, 3.05) is 26.7 Å². The van der Waals surface area contributed by atoms with E-state index in [9.17, 15) is 9.59 Å². The van der Waals surface area contributed by atoms with Gasteiger partial charge < -0.3 is 15.5 Å². The van der Waals surface area contributed by atoms with Crippen LogP contribution < -0.4 is 10.6 Å². The SMILES string of the molecule is CN(CC(=O)NCc1cccs1)C(=O)C1(n2cccn2)CCNCC1. The molecule has 0 unspecified atom stereocenters. The van der Waals surface area contributed by atoms with Crippen molar-refractivity contribution in [2.45, 2.75) is 24.9 Å². The number of nitrogens with zero attached hydrogens (tertiary/aromatic N) is 3. The molecule has 0 aromatic carbocycles. The lowest BCUT2D eigenvalue weighted by Crippen LogP contribution is -2.56. The molecule has 134 valence electrons. The number of hydrogen-bond donors (Lipinski definition) is 2. The highest BCUT2D eigenvalue weighted by Crippen LogP contribution is 2.29. The summed E-state index contributed by atoms with van der Waals surface area (Å²) in [6.07, 6.45) is 4.84. The van der Waals surface area contributed by atoms with E-state index in [1.165, 1.54) is 4.90 Å². The number of carbonyl (C=O) groups excluding carboxylic acids is 2. The highest BCUT2D eigenvalue weighted by molar-refractivity contribution is 7.09. The summed E-state index contributed by atoms with van der Waals surface area (Å²) in [7, 11) is 1.68. The van der Waals surface area contributed by atoms with E-state index in [0.717, 1.165) is 18.0 Å². The van der Waals surface area contributed by atoms with Crippen LogP contribution in [0.3, 0.4) is 0 Å². The number of rotatable bonds is 6. The lowest BCUT2D eigenvalue weighted by Gasteiger charge is -2.39. The van der Waals surface area contributed by atoms with E-state index in [1.54, 1.807) is 29.3 Å². The van der Waals surface area contributed by atoms with E-state index in [-0.39, 0.29) is 18.4 Å². The third-order valence-electron chi connectivity index (χ3n) is 4.54. The topological polar surface area (TPSA) is 79.3 Å². The van der Waals surface area contributed by atoms with Gasteiger partial charge in [0.15, 0.2) is 0 Å². The molecule has 0 aliphatic carbocycles. The van der Waals surface area contributed by atoms with Crippen molar-refractivity contribution < 1.29 is 9.59 Å². The molecule has 0 radical (unpaired) electrons. The summed E-state index contributed by atoms with van der Waals surface area (Å²) in [5.74, 6) is -0.224. The quantitative estimate of drug-likeness (QED) is 0.798. The summed E-state index contributed by atoms with van der Waals surface area (Å²) >= 11 is 1.60. The Morgan fingerprint density at radius 3 is 2.84 bits per heavy atom. The Morgan fingerprint density at radius 1 is 1.40 bits per heavy atom. The number of aromatic nitrogens is 2. The lowest BCUT2D eigenvalue weighted by atomic mass is 9.87. The molecule has 25 heavy (non-hydrogen) atoms. The fourth-order valence-corrected chi connectivity index (χ4v) is 3.85. The predicted octanol–water partition coefficient (Wildman–Crippen LogP) is 0.798. The normalized spacial score (nSPS) is 16.4. The Bertz CT molecular complexity index is 693. The van der Waals surface area contributed by atoms with Crippen molar-refractivity contribution in [3.63, 3.8) is 0 Å². The van der Waals surface area contributed by atoms with Crippen molar-refractivity contribution in [2.24, 2.45) is 0 Å². The third kappa shape index (κ3) is 3.91. The maximum atomic E-state index is 13.1. The van der Waals surface area contributed by atoms with Crippen LogP contribution in [0.2, 0.25) is 0 Å². The Morgan fingerprint density at radius 2 is 2.20 bits per heavy atom. The number of piperidine rings is 1. The van der Waals surface area contributed by atoms with Crippen LogP contribution in [0, 0.1) is 0 Å². The highest BCUT2D eigenvalue weighted by atomic mass is 32.1. The molecule has 0 bridgehead atoms. The fraction of sp³-hybridized carbons (Fsp3) is 0.471. The molecule has 0 saturated carbocycles. The van der Waals surface area contributed by atoms with Gasteiger partial charge >= 0.3 is 0 Å². The molecular weight excluding hydrogens is 338 g/mol. The van der Waals surface area contributed by atoms with Gasteiger partial charge in [-0.3, -0.25) is 14.3 Å². The predicted molar refractivity (Wildman–Crippen MR) is 96.1 cm³/mol. The smallest absolute Gasteiger partial charge is 0.250 e. The fourth-order valence-electron chi connectivity index (χ4n) is 3.20. The number of likely N-dealkylation sites (N-methyl/N-ethyl adjacent to an activating group) is 1. The molecule has 3 rings (SSSR count). The molecule has 0 spiro atoms. The second-order valence-electron chi connectivity index (χ2n) is 6.25. The molecule has 2 aromatic heterocycles. The minimum absolute atomic E-state index is 0.0423. The number of nitrogens with one attached hydrogen (secondary N) is 2. The molecule has 1 aliphatic heterocycles. The minimum atomic E-state index is -0.711. The highest BCUT2D eigenvalue weighted by Gasteiger charge is 2.43. The largest absolute Gasteiger partial charge is 0.350 e. The van der Waals surface area contributed by atoms with Crippen molar-refractivity contribution in [1.82, 2.24) is 25.3 Å². The van der Waals surface area contributed by atoms with Gasteiger partial charge in [-0.25, -0.2) is 0 Å². The average Bonchev–Trinajstić information content (AvgIpc) is 3.33. The van der Waals surface area contributed by atoms with Crippen molar-refractivity contribution in [3.8, 4) is 0 Å². The summed E-state index contributed by atoms with van der Waals surface area (Å²) < 4.78 is 1.75. The second-order valence-corrected chi connectivity index (χ2v) is 7.28. The number of carbonyl (C=O) groups is 2. The number of hydrogen-bond acceptors (Lipinski definition) is 5. The van der Waals surface area contributed by atoms with E-state index in [4.69, 9.17) is 0 Å². The summed E-state index contributed by atoms with van der Waals surface area (Å²) in [6.45, 7) is 2.04. The van der Waals surface area contributed by atoms with Gasteiger partial charge in [-0.05, 0) is 43.4 Å². The lowest BCUT2D eigenvalue weighted by molar-refractivity contribution is -0.144. The summed E-state index contributed by atoms with van der Waals surface area (Å²) in [6, 6.07) is 5.75. The molecule has 3 heterocycles. The van der Waals surface area contributed by atoms with Crippen LogP contribution in [0.25, 0.3) is 0 Å². The van der Waals surface area contributed by atoms with Gasteiger partial charge in [0.1, 0.15) is 5.54 Å². The first-order valence-corrected chi connectivity index (χ1v) is 9.25. The molecule has 1 saturated heterocycles. The van der Waals surface area contributed by atoms with Gasteiger partial charge in [0.05, 0.1) is 13.1 Å². The van der Waals surface area contributed by atoms with E-state index in [1.807, 2.05) is 29.8 Å².